The molecule has 2 unspecified atom stereocenters. The molecular formula is C10H15NO3. The average Bonchev–Trinajstić information content (AvgIpc) is 2.07. The van der Waals surface area contributed by atoms with Crippen molar-refractivity contribution in [3.63, 3.8) is 0 Å². The summed E-state index contributed by atoms with van der Waals surface area (Å²) >= 11 is 0. The maximum atomic E-state index is 9.51. The van der Waals surface area contributed by atoms with Gasteiger partial charge in [0.15, 0.2) is 0 Å². The normalized spacial score (nSPS) is 14.9. The van der Waals surface area contributed by atoms with Crippen LogP contribution < -0.4 is 4.90 Å². The van der Waals surface area contributed by atoms with Gasteiger partial charge in [0.25, 0.3) is 0 Å². The quantitative estimate of drug-likeness (QED) is 0.629. The minimum atomic E-state index is -0.858. The summed E-state index contributed by atoms with van der Waals surface area (Å²) in [6.45, 7) is 3.05. The number of phenols is 1. The number of aliphatic hydroxyl groups excluding tert-OH is 2. The lowest BCUT2D eigenvalue weighted by Crippen LogP contribution is -2.40. The monoisotopic (exact) mass is 197 g/mol. The van der Waals surface area contributed by atoms with Crippen LogP contribution >= 0.6 is 0 Å². The van der Waals surface area contributed by atoms with Crippen LogP contribution in [0.4, 0.5) is 5.69 Å². The number of aromatic hydroxyl groups is 1. The number of hydrogen-bond donors (Lipinski definition) is 3. The van der Waals surface area contributed by atoms with E-state index in [0.717, 1.165) is 0 Å². The highest BCUT2D eigenvalue weighted by atomic mass is 16.3. The van der Waals surface area contributed by atoms with E-state index in [4.69, 9.17) is 0 Å². The zero-order valence-corrected chi connectivity index (χ0v) is 8.25. The van der Waals surface area contributed by atoms with Gasteiger partial charge in [-0.3, -0.25) is 0 Å². The molecule has 0 saturated heterocycles. The SMILES string of the molecule is CC(O)N(c1ccccc1O)C(C)O. The van der Waals surface area contributed by atoms with Gasteiger partial charge in [0.05, 0.1) is 5.69 Å². The molecule has 1 rings (SSSR count). The molecule has 2 atom stereocenters. The molecule has 0 aliphatic rings. The third-order valence-electron chi connectivity index (χ3n) is 1.97. The van der Waals surface area contributed by atoms with Crippen LogP contribution in [0.3, 0.4) is 0 Å². The van der Waals surface area contributed by atoms with E-state index in [1.165, 1.54) is 24.8 Å². The third-order valence-corrected chi connectivity index (χ3v) is 1.97. The van der Waals surface area contributed by atoms with Crippen LogP contribution in [0.25, 0.3) is 0 Å². The van der Waals surface area contributed by atoms with Crippen molar-refractivity contribution in [3.05, 3.63) is 24.3 Å². The van der Waals surface area contributed by atoms with Crippen molar-refractivity contribution in [2.75, 3.05) is 4.90 Å². The molecule has 0 amide bonds. The lowest BCUT2D eigenvalue weighted by Gasteiger charge is -2.30. The number of nitrogens with zero attached hydrogens (tertiary/aromatic N) is 1. The number of para-hydroxylation sites is 2. The first-order valence-corrected chi connectivity index (χ1v) is 4.46. The molecule has 1 aromatic rings. The summed E-state index contributed by atoms with van der Waals surface area (Å²) in [5.41, 5.74) is 0.414. The fourth-order valence-corrected chi connectivity index (χ4v) is 1.40. The highest BCUT2D eigenvalue weighted by Crippen LogP contribution is 2.28. The molecule has 14 heavy (non-hydrogen) atoms. The summed E-state index contributed by atoms with van der Waals surface area (Å²) in [5, 5.41) is 28.3. The highest BCUT2D eigenvalue weighted by molar-refractivity contribution is 5.58. The van der Waals surface area contributed by atoms with Gasteiger partial charge in [0.2, 0.25) is 0 Å². The van der Waals surface area contributed by atoms with Crippen LogP contribution in [0.2, 0.25) is 0 Å². The van der Waals surface area contributed by atoms with Crippen molar-refractivity contribution in [2.24, 2.45) is 0 Å². The minimum absolute atomic E-state index is 0.0364. The Kier molecular flexibility index (Phi) is 3.33. The molecule has 1 aromatic carbocycles. The summed E-state index contributed by atoms with van der Waals surface area (Å²) in [6, 6.07) is 6.55. The second-order valence-electron chi connectivity index (χ2n) is 3.16. The number of benzene rings is 1. The Hall–Kier alpha value is -1.26. The van der Waals surface area contributed by atoms with Gasteiger partial charge in [-0.25, -0.2) is 0 Å². The van der Waals surface area contributed by atoms with E-state index in [0.29, 0.717) is 5.69 Å². The van der Waals surface area contributed by atoms with E-state index in [2.05, 4.69) is 0 Å². The topological polar surface area (TPSA) is 63.9 Å². The van der Waals surface area contributed by atoms with Gasteiger partial charge < -0.3 is 20.2 Å². The van der Waals surface area contributed by atoms with E-state index in [9.17, 15) is 15.3 Å². The molecular weight excluding hydrogens is 182 g/mol. The maximum Gasteiger partial charge on any atom is 0.139 e. The summed E-state index contributed by atoms with van der Waals surface area (Å²) in [4.78, 5) is 1.31. The summed E-state index contributed by atoms with van der Waals surface area (Å²) < 4.78 is 0. The second kappa shape index (κ2) is 4.30. The van der Waals surface area contributed by atoms with E-state index in [1.807, 2.05) is 0 Å². The van der Waals surface area contributed by atoms with Gasteiger partial charge in [-0.15, -0.1) is 0 Å². The van der Waals surface area contributed by atoms with Gasteiger partial charge in [0, 0.05) is 0 Å². The Morgan fingerprint density at radius 3 is 2.00 bits per heavy atom. The Morgan fingerprint density at radius 2 is 1.57 bits per heavy atom. The Labute approximate surface area is 83.0 Å². The fourth-order valence-electron chi connectivity index (χ4n) is 1.40. The minimum Gasteiger partial charge on any atom is -0.506 e. The molecule has 0 radical (unpaired) electrons. The average molecular weight is 197 g/mol. The zero-order valence-electron chi connectivity index (χ0n) is 8.25. The molecule has 0 heterocycles. The second-order valence-corrected chi connectivity index (χ2v) is 3.16. The van der Waals surface area contributed by atoms with Crippen molar-refractivity contribution >= 4 is 5.69 Å². The third kappa shape index (κ3) is 2.16. The molecule has 4 heteroatoms. The van der Waals surface area contributed by atoms with E-state index in [1.54, 1.807) is 18.2 Å². The van der Waals surface area contributed by atoms with Gasteiger partial charge in [-0.1, -0.05) is 12.1 Å². The Balaban J connectivity index is 3.05. The van der Waals surface area contributed by atoms with Crippen molar-refractivity contribution in [1.82, 2.24) is 0 Å². The summed E-state index contributed by atoms with van der Waals surface area (Å²) in [7, 11) is 0. The highest BCUT2D eigenvalue weighted by Gasteiger charge is 2.19. The molecule has 78 valence electrons. The van der Waals surface area contributed by atoms with Crippen molar-refractivity contribution < 1.29 is 15.3 Å². The molecule has 0 aliphatic carbocycles. The smallest absolute Gasteiger partial charge is 0.139 e. The molecule has 0 aliphatic heterocycles. The van der Waals surface area contributed by atoms with Gasteiger partial charge in [0.1, 0.15) is 18.2 Å². The molecule has 3 N–H and O–H groups in total. The van der Waals surface area contributed by atoms with Crippen LogP contribution in [0.5, 0.6) is 5.75 Å². The molecule has 0 spiro atoms. The van der Waals surface area contributed by atoms with Crippen molar-refractivity contribution in [1.29, 1.82) is 0 Å². The first kappa shape index (κ1) is 10.8. The lowest BCUT2D eigenvalue weighted by atomic mass is 10.2. The van der Waals surface area contributed by atoms with E-state index >= 15 is 0 Å². The molecule has 4 nitrogen and oxygen atoms in total. The predicted octanol–water partition coefficient (Wildman–Crippen LogP) is 0.875. The van der Waals surface area contributed by atoms with Gasteiger partial charge in [-0.05, 0) is 26.0 Å². The fraction of sp³-hybridized carbons (Fsp3) is 0.400. The molecule has 0 bridgehead atoms. The number of rotatable bonds is 3. The summed E-state index contributed by atoms with van der Waals surface area (Å²) in [6.07, 6.45) is -1.72. The van der Waals surface area contributed by atoms with E-state index in [-0.39, 0.29) is 5.75 Å². The standard InChI is InChI=1S/C10H15NO3/c1-7(12)11(8(2)13)9-5-3-4-6-10(9)14/h3-8,12-14H,1-2H3. The lowest BCUT2D eigenvalue weighted by molar-refractivity contribution is 0.104. The van der Waals surface area contributed by atoms with Gasteiger partial charge >= 0.3 is 0 Å². The number of anilines is 1. The van der Waals surface area contributed by atoms with Crippen LogP contribution in [0.1, 0.15) is 13.8 Å². The van der Waals surface area contributed by atoms with Crippen LogP contribution in [0.15, 0.2) is 24.3 Å². The summed E-state index contributed by atoms with van der Waals surface area (Å²) in [5.74, 6) is 0.0364. The molecule has 0 saturated carbocycles. The number of hydrogen-bond acceptors (Lipinski definition) is 4. The van der Waals surface area contributed by atoms with E-state index < -0.39 is 12.5 Å². The Bertz CT molecular complexity index is 291. The Morgan fingerprint density at radius 1 is 1.07 bits per heavy atom. The number of aliphatic hydroxyl groups is 2. The maximum absolute atomic E-state index is 9.51. The molecule has 0 aromatic heterocycles. The van der Waals surface area contributed by atoms with Crippen LogP contribution in [-0.2, 0) is 0 Å². The molecule has 0 fully saturated rings. The zero-order chi connectivity index (χ0) is 10.7. The first-order valence-electron chi connectivity index (χ1n) is 4.46. The number of phenolic OH excluding ortho intramolecular Hbond substituents is 1. The van der Waals surface area contributed by atoms with Crippen molar-refractivity contribution in [3.8, 4) is 5.75 Å². The predicted molar refractivity (Wildman–Crippen MR) is 53.9 cm³/mol. The largest absolute Gasteiger partial charge is 0.506 e. The first-order chi connectivity index (χ1) is 6.54. The van der Waals surface area contributed by atoms with Gasteiger partial charge in [-0.2, -0.15) is 0 Å². The van der Waals surface area contributed by atoms with Crippen molar-refractivity contribution in [2.45, 2.75) is 26.3 Å². The van der Waals surface area contributed by atoms with Crippen LogP contribution in [-0.4, -0.2) is 27.8 Å². The van der Waals surface area contributed by atoms with Crippen LogP contribution in [0, 0.1) is 0 Å².